The Morgan fingerprint density at radius 1 is 1.25 bits per heavy atom. The molecule has 1 saturated heterocycles. The summed E-state index contributed by atoms with van der Waals surface area (Å²) in [7, 11) is 1.56. The monoisotopic (exact) mass is 284 g/mol. The molecule has 0 bridgehead atoms. The van der Waals surface area contributed by atoms with Gasteiger partial charge in [0.05, 0.1) is 6.42 Å². The van der Waals surface area contributed by atoms with Crippen molar-refractivity contribution in [2.75, 3.05) is 13.6 Å². The summed E-state index contributed by atoms with van der Waals surface area (Å²) < 4.78 is 5.16. The number of rotatable bonds is 4. The first-order valence-corrected chi connectivity index (χ1v) is 6.97. The van der Waals surface area contributed by atoms with Crippen molar-refractivity contribution in [1.29, 1.82) is 0 Å². The maximum absolute atomic E-state index is 12.1. The molecule has 0 spiro atoms. The molecule has 1 heterocycles. The number of hydrogen-bond acceptors (Lipinski definition) is 4. The Bertz CT molecular complexity index is 387. The molecule has 0 aromatic rings. The number of ether oxygens (including phenoxy) is 1. The van der Waals surface area contributed by atoms with Gasteiger partial charge in [-0.05, 0) is 33.6 Å². The number of nitrogens with one attached hydrogen (secondary N) is 1. The zero-order valence-electron chi connectivity index (χ0n) is 12.7. The van der Waals surface area contributed by atoms with Crippen LogP contribution in [0.4, 0.5) is 0 Å². The first-order valence-electron chi connectivity index (χ1n) is 6.97. The second kappa shape index (κ2) is 6.72. The molecule has 114 valence electrons. The minimum Gasteiger partial charge on any atom is -0.460 e. The van der Waals surface area contributed by atoms with Crippen LogP contribution in [0.1, 0.15) is 46.5 Å². The molecular weight excluding hydrogens is 260 g/mol. The van der Waals surface area contributed by atoms with Crippen molar-refractivity contribution in [1.82, 2.24) is 10.2 Å². The van der Waals surface area contributed by atoms with Gasteiger partial charge in [0.25, 0.3) is 0 Å². The van der Waals surface area contributed by atoms with E-state index in [1.807, 2.05) is 0 Å². The Labute approximate surface area is 119 Å². The summed E-state index contributed by atoms with van der Waals surface area (Å²) >= 11 is 0. The van der Waals surface area contributed by atoms with E-state index in [1.54, 1.807) is 32.7 Å². The zero-order valence-corrected chi connectivity index (χ0v) is 12.7. The van der Waals surface area contributed by atoms with Crippen LogP contribution in [0.2, 0.25) is 0 Å². The number of amides is 2. The Morgan fingerprint density at radius 2 is 1.90 bits per heavy atom. The molecule has 1 rings (SSSR count). The van der Waals surface area contributed by atoms with Crippen molar-refractivity contribution in [3.05, 3.63) is 0 Å². The largest absolute Gasteiger partial charge is 0.460 e. The van der Waals surface area contributed by atoms with Gasteiger partial charge in [-0.3, -0.25) is 14.4 Å². The molecule has 1 fully saturated rings. The van der Waals surface area contributed by atoms with Gasteiger partial charge in [-0.2, -0.15) is 0 Å². The summed E-state index contributed by atoms with van der Waals surface area (Å²) in [5.41, 5.74) is -0.543. The SMILES string of the molecule is CNC(=O)C1CCCN1C(=O)CCC(=O)OC(C)(C)C. The molecule has 0 aliphatic carbocycles. The molecule has 6 heteroatoms. The molecule has 0 aromatic heterocycles. The van der Waals surface area contributed by atoms with Crippen molar-refractivity contribution < 1.29 is 19.1 Å². The van der Waals surface area contributed by atoms with Crippen LogP contribution < -0.4 is 5.32 Å². The molecule has 1 N–H and O–H groups in total. The topological polar surface area (TPSA) is 75.7 Å². The maximum atomic E-state index is 12.1. The Kier molecular flexibility index (Phi) is 5.53. The van der Waals surface area contributed by atoms with Gasteiger partial charge in [0, 0.05) is 20.0 Å². The molecule has 6 nitrogen and oxygen atoms in total. The Balaban J connectivity index is 2.46. The van der Waals surface area contributed by atoms with Crippen LogP contribution in [0.25, 0.3) is 0 Å². The van der Waals surface area contributed by atoms with E-state index in [0.717, 1.165) is 6.42 Å². The quantitative estimate of drug-likeness (QED) is 0.776. The normalized spacial score (nSPS) is 18.8. The summed E-state index contributed by atoms with van der Waals surface area (Å²) in [6, 6.07) is -0.397. The molecule has 1 aliphatic rings. The van der Waals surface area contributed by atoms with Crippen LogP contribution in [0.15, 0.2) is 0 Å². The second-order valence-corrected chi connectivity index (χ2v) is 5.95. The second-order valence-electron chi connectivity index (χ2n) is 5.95. The van der Waals surface area contributed by atoms with Gasteiger partial charge in [0.1, 0.15) is 11.6 Å². The maximum Gasteiger partial charge on any atom is 0.306 e. The summed E-state index contributed by atoms with van der Waals surface area (Å²) in [6.45, 7) is 5.93. The van der Waals surface area contributed by atoms with E-state index < -0.39 is 11.6 Å². The number of esters is 1. The summed E-state index contributed by atoms with van der Waals surface area (Å²) in [5, 5.41) is 2.56. The molecule has 20 heavy (non-hydrogen) atoms. The van der Waals surface area contributed by atoms with Crippen LogP contribution in [0.5, 0.6) is 0 Å². The lowest BCUT2D eigenvalue weighted by Gasteiger charge is -2.24. The van der Waals surface area contributed by atoms with Crippen molar-refractivity contribution >= 4 is 17.8 Å². The molecule has 2 amide bonds. The van der Waals surface area contributed by atoms with Crippen LogP contribution in [0.3, 0.4) is 0 Å². The minimum absolute atomic E-state index is 0.0487. The zero-order chi connectivity index (χ0) is 15.3. The molecule has 1 unspecified atom stereocenters. The number of nitrogens with zero attached hydrogens (tertiary/aromatic N) is 1. The van der Waals surface area contributed by atoms with Crippen LogP contribution in [-0.2, 0) is 19.1 Å². The van der Waals surface area contributed by atoms with E-state index >= 15 is 0 Å². The fourth-order valence-electron chi connectivity index (χ4n) is 2.25. The van der Waals surface area contributed by atoms with Crippen molar-refractivity contribution in [3.63, 3.8) is 0 Å². The Hall–Kier alpha value is -1.59. The predicted octanol–water partition coefficient (Wildman–Crippen LogP) is 0.845. The van der Waals surface area contributed by atoms with Crippen LogP contribution in [0, 0.1) is 0 Å². The highest BCUT2D eigenvalue weighted by molar-refractivity contribution is 5.89. The van der Waals surface area contributed by atoms with Crippen molar-refractivity contribution in [2.45, 2.75) is 58.1 Å². The van der Waals surface area contributed by atoms with Crippen molar-refractivity contribution in [2.24, 2.45) is 0 Å². The van der Waals surface area contributed by atoms with E-state index in [0.29, 0.717) is 13.0 Å². The summed E-state index contributed by atoms with van der Waals surface area (Å²) in [5.74, 6) is -0.698. The van der Waals surface area contributed by atoms with E-state index in [2.05, 4.69) is 5.32 Å². The first kappa shape index (κ1) is 16.5. The highest BCUT2D eigenvalue weighted by Gasteiger charge is 2.33. The van der Waals surface area contributed by atoms with Crippen LogP contribution in [-0.4, -0.2) is 47.9 Å². The molecular formula is C14H24N2O4. The van der Waals surface area contributed by atoms with Gasteiger partial charge in [0.15, 0.2) is 0 Å². The number of hydrogen-bond donors (Lipinski definition) is 1. The van der Waals surface area contributed by atoms with E-state index in [-0.39, 0.29) is 30.6 Å². The lowest BCUT2D eigenvalue weighted by Crippen LogP contribution is -2.45. The lowest BCUT2D eigenvalue weighted by molar-refractivity contribution is -0.156. The fraction of sp³-hybridized carbons (Fsp3) is 0.786. The van der Waals surface area contributed by atoms with Gasteiger partial charge in [-0.25, -0.2) is 0 Å². The van der Waals surface area contributed by atoms with E-state index in [9.17, 15) is 14.4 Å². The molecule has 0 radical (unpaired) electrons. The highest BCUT2D eigenvalue weighted by atomic mass is 16.6. The molecule has 0 saturated carbocycles. The van der Waals surface area contributed by atoms with Crippen LogP contribution >= 0.6 is 0 Å². The number of likely N-dealkylation sites (N-methyl/N-ethyl adjacent to an activating group) is 1. The molecule has 0 aromatic carbocycles. The van der Waals surface area contributed by atoms with Gasteiger partial charge < -0.3 is 15.0 Å². The fourth-order valence-corrected chi connectivity index (χ4v) is 2.25. The van der Waals surface area contributed by atoms with Crippen molar-refractivity contribution in [3.8, 4) is 0 Å². The number of carbonyl (C=O) groups is 3. The van der Waals surface area contributed by atoms with Gasteiger partial charge in [0.2, 0.25) is 11.8 Å². The summed E-state index contributed by atoms with van der Waals surface area (Å²) in [4.78, 5) is 36.9. The van der Waals surface area contributed by atoms with Gasteiger partial charge in [-0.15, -0.1) is 0 Å². The standard InChI is InChI=1S/C14H24N2O4/c1-14(2,3)20-12(18)8-7-11(17)16-9-5-6-10(16)13(19)15-4/h10H,5-9H2,1-4H3,(H,15,19). The number of likely N-dealkylation sites (tertiary alicyclic amines) is 1. The number of carbonyl (C=O) groups excluding carboxylic acids is 3. The third-order valence-corrected chi connectivity index (χ3v) is 3.09. The Morgan fingerprint density at radius 3 is 2.45 bits per heavy atom. The van der Waals surface area contributed by atoms with E-state index in [4.69, 9.17) is 4.74 Å². The van der Waals surface area contributed by atoms with E-state index in [1.165, 1.54) is 0 Å². The van der Waals surface area contributed by atoms with Gasteiger partial charge in [-0.1, -0.05) is 0 Å². The third kappa shape index (κ3) is 4.83. The predicted molar refractivity (Wildman–Crippen MR) is 73.9 cm³/mol. The van der Waals surface area contributed by atoms with Gasteiger partial charge >= 0.3 is 5.97 Å². The lowest BCUT2D eigenvalue weighted by atomic mass is 10.2. The average Bonchev–Trinajstić information content (AvgIpc) is 2.82. The minimum atomic E-state index is -0.543. The molecule has 1 aliphatic heterocycles. The third-order valence-electron chi connectivity index (χ3n) is 3.09. The summed E-state index contributed by atoms with van der Waals surface area (Å²) in [6.07, 6.45) is 1.63. The molecule has 1 atom stereocenters. The smallest absolute Gasteiger partial charge is 0.306 e. The highest BCUT2D eigenvalue weighted by Crippen LogP contribution is 2.19. The first-order chi connectivity index (χ1) is 9.24. The average molecular weight is 284 g/mol.